The third kappa shape index (κ3) is 1.46. The van der Waals surface area contributed by atoms with E-state index in [1.807, 2.05) is 6.92 Å². The number of aryl methyl sites for hydroxylation is 1. The molecule has 8 heteroatoms. The minimum absolute atomic E-state index is 0.0828. The molecule has 0 spiro atoms. The van der Waals surface area contributed by atoms with Crippen molar-refractivity contribution in [2.24, 2.45) is 0 Å². The molecule has 94 valence electrons. The second-order valence-corrected chi connectivity index (χ2v) is 4.22. The van der Waals surface area contributed by atoms with E-state index in [1.165, 1.54) is 0 Å². The molecule has 0 aliphatic carbocycles. The maximum absolute atomic E-state index is 12.3. The van der Waals surface area contributed by atoms with Gasteiger partial charge in [0.2, 0.25) is 5.82 Å². The molecular formula is C11H10N6O2+2. The minimum Gasteiger partial charge on any atom is -0.378 e. The number of nitrogen functional groups attached to an aromatic ring is 2. The van der Waals surface area contributed by atoms with Gasteiger partial charge in [-0.2, -0.15) is 4.98 Å². The second kappa shape index (κ2) is 3.55. The van der Waals surface area contributed by atoms with Crippen LogP contribution in [0.15, 0.2) is 18.2 Å². The summed E-state index contributed by atoms with van der Waals surface area (Å²) < 4.78 is 1.09. The molecule has 2 aromatic rings. The highest BCUT2D eigenvalue weighted by Crippen LogP contribution is 2.44. The first kappa shape index (κ1) is 11.2. The van der Waals surface area contributed by atoms with Crippen LogP contribution in [0.3, 0.4) is 0 Å². The van der Waals surface area contributed by atoms with Crippen LogP contribution in [0.4, 0.5) is 34.6 Å². The molecule has 1 aromatic heterocycles. The molecule has 0 unspecified atom stereocenters. The lowest BCUT2D eigenvalue weighted by Crippen LogP contribution is -2.18. The van der Waals surface area contributed by atoms with E-state index in [0.717, 1.165) is 5.56 Å². The summed E-state index contributed by atoms with van der Waals surface area (Å²) in [4.78, 5) is 32.0. The number of fused-ring (bicyclic) bond motifs is 2. The van der Waals surface area contributed by atoms with Gasteiger partial charge in [-0.05, 0) is 18.6 Å². The summed E-state index contributed by atoms with van der Waals surface area (Å²) in [7, 11) is 0. The predicted molar refractivity (Wildman–Crippen MR) is 71.7 cm³/mol. The van der Waals surface area contributed by atoms with Crippen LogP contribution >= 0.6 is 0 Å². The predicted octanol–water partition coefficient (Wildman–Crippen LogP) is 1.47. The van der Waals surface area contributed by atoms with Crippen LogP contribution < -0.4 is 21.0 Å². The lowest BCUT2D eigenvalue weighted by atomic mass is 10.1. The van der Waals surface area contributed by atoms with Gasteiger partial charge in [0, 0.05) is 20.7 Å². The van der Waals surface area contributed by atoms with Crippen molar-refractivity contribution in [2.45, 2.75) is 6.92 Å². The highest BCUT2D eigenvalue weighted by atomic mass is 16.3. The van der Waals surface area contributed by atoms with Crippen LogP contribution in [-0.4, -0.2) is 9.97 Å². The number of hydrogen-bond acceptors (Lipinski definition) is 6. The van der Waals surface area contributed by atoms with Crippen LogP contribution in [0.5, 0.6) is 0 Å². The van der Waals surface area contributed by atoms with Crippen molar-refractivity contribution in [1.29, 1.82) is 0 Å². The van der Waals surface area contributed by atoms with Crippen molar-refractivity contribution in [3.63, 3.8) is 0 Å². The monoisotopic (exact) mass is 258 g/mol. The molecule has 2 heterocycles. The number of anilines is 2. The summed E-state index contributed by atoms with van der Waals surface area (Å²) in [6.45, 7) is 1.82. The Balaban J connectivity index is 2.36. The molecule has 4 N–H and O–H groups in total. The van der Waals surface area contributed by atoms with Gasteiger partial charge in [-0.25, -0.2) is 0 Å². The maximum atomic E-state index is 12.3. The van der Waals surface area contributed by atoms with Gasteiger partial charge in [-0.3, -0.25) is 0 Å². The van der Waals surface area contributed by atoms with Gasteiger partial charge in [0.1, 0.15) is 0 Å². The van der Waals surface area contributed by atoms with E-state index in [1.54, 1.807) is 18.2 Å². The first-order valence-corrected chi connectivity index (χ1v) is 5.47. The molecule has 1 aliphatic heterocycles. The summed E-state index contributed by atoms with van der Waals surface area (Å²) in [5, 5.41) is 0. The van der Waals surface area contributed by atoms with E-state index >= 15 is 0 Å². The summed E-state index contributed by atoms with van der Waals surface area (Å²) in [5.74, 6) is -0.413. The van der Waals surface area contributed by atoms with Crippen LogP contribution in [-0.2, 0) is 0 Å². The largest absolute Gasteiger partial charge is 0.452 e. The molecule has 3 rings (SSSR count). The van der Waals surface area contributed by atoms with Gasteiger partial charge < -0.3 is 11.5 Å². The standard InChI is InChI=1S/C11H10N6O2/c1-5-2-3-6-7(4-5)17(19)10-8(16(6)18)9(12)14-11(13)15-10/h2-4H,1H3,(H4,12,13,14,15)/q+2. The number of aromatic nitrogens is 2. The van der Waals surface area contributed by atoms with Crippen LogP contribution in [0, 0.1) is 16.7 Å². The quantitative estimate of drug-likeness (QED) is 0.589. The number of benzene rings is 1. The second-order valence-electron chi connectivity index (χ2n) is 4.22. The molecule has 19 heavy (non-hydrogen) atoms. The number of nitrogens with two attached hydrogens (primary N) is 2. The van der Waals surface area contributed by atoms with Gasteiger partial charge in [-0.15, -0.1) is 0 Å². The molecule has 1 aliphatic rings. The summed E-state index contributed by atoms with van der Waals surface area (Å²) in [6.07, 6.45) is 0. The Kier molecular flexibility index (Phi) is 2.09. The lowest BCUT2D eigenvalue weighted by Gasteiger charge is -2.06. The zero-order valence-corrected chi connectivity index (χ0v) is 9.99. The van der Waals surface area contributed by atoms with Gasteiger partial charge in [0.15, 0.2) is 0 Å². The van der Waals surface area contributed by atoms with Gasteiger partial charge >= 0.3 is 23.1 Å². The van der Waals surface area contributed by atoms with Crippen molar-refractivity contribution in [3.8, 4) is 0 Å². The van der Waals surface area contributed by atoms with E-state index in [4.69, 9.17) is 11.5 Å². The molecule has 8 nitrogen and oxygen atoms in total. The maximum Gasteiger partial charge on any atom is 0.452 e. The normalized spacial score (nSPS) is 13.1. The number of nitrogens with zero attached hydrogens (tertiary/aromatic N) is 4. The van der Waals surface area contributed by atoms with Crippen molar-refractivity contribution < 1.29 is 0 Å². The number of rotatable bonds is 0. The fraction of sp³-hybridized carbons (Fsp3) is 0.0909. The van der Waals surface area contributed by atoms with Crippen molar-refractivity contribution >= 4 is 34.6 Å². The molecule has 1 aromatic carbocycles. The first-order valence-electron chi connectivity index (χ1n) is 5.47. The van der Waals surface area contributed by atoms with Crippen LogP contribution in [0.2, 0.25) is 0 Å². The Hall–Kier alpha value is -2.90. The Morgan fingerprint density at radius 1 is 1.05 bits per heavy atom. The molecule has 0 saturated heterocycles. The SMILES string of the molecule is Cc1ccc2c(c1)[N+](=O)c1nc(N)nc(N)c1[N+]2=O. The van der Waals surface area contributed by atoms with E-state index < -0.39 is 0 Å². The molecule has 0 bridgehead atoms. The highest BCUT2D eigenvalue weighted by molar-refractivity contribution is 5.84. The van der Waals surface area contributed by atoms with Gasteiger partial charge in [-0.1, -0.05) is 11.0 Å². The van der Waals surface area contributed by atoms with Crippen molar-refractivity contribution in [3.05, 3.63) is 33.6 Å². The van der Waals surface area contributed by atoms with Gasteiger partial charge in [0.05, 0.1) is 4.76 Å². The summed E-state index contributed by atoms with van der Waals surface area (Å²) in [5.41, 5.74) is 12.3. The molecule has 0 fully saturated rings. The van der Waals surface area contributed by atoms with Crippen LogP contribution in [0.25, 0.3) is 0 Å². The lowest BCUT2D eigenvalue weighted by molar-refractivity contribution is 0.884. The van der Waals surface area contributed by atoms with E-state index in [0.29, 0.717) is 9.52 Å². The first-order chi connectivity index (χ1) is 8.99. The molecule has 0 atom stereocenters. The summed E-state index contributed by atoms with van der Waals surface area (Å²) in [6, 6.07) is 4.89. The topological polar surface area (TPSA) is 118 Å². The van der Waals surface area contributed by atoms with Crippen molar-refractivity contribution in [1.82, 2.24) is 19.5 Å². The van der Waals surface area contributed by atoms with E-state index in [2.05, 4.69) is 9.97 Å². The Bertz CT molecular complexity index is 755. The average Bonchev–Trinajstić information content (AvgIpc) is 2.35. The Morgan fingerprint density at radius 3 is 2.53 bits per heavy atom. The number of hydrogen-bond donors (Lipinski definition) is 2. The molecular weight excluding hydrogens is 248 g/mol. The Labute approximate surface area is 107 Å². The average molecular weight is 258 g/mol. The smallest absolute Gasteiger partial charge is 0.378 e. The molecule has 0 radical (unpaired) electrons. The van der Waals surface area contributed by atoms with E-state index in [-0.39, 0.29) is 34.6 Å². The van der Waals surface area contributed by atoms with Crippen LogP contribution in [0.1, 0.15) is 5.56 Å². The fourth-order valence-electron chi connectivity index (χ4n) is 2.02. The molecule has 0 amide bonds. The summed E-state index contributed by atoms with van der Waals surface area (Å²) >= 11 is 0. The third-order valence-electron chi connectivity index (χ3n) is 2.87. The van der Waals surface area contributed by atoms with Gasteiger partial charge in [0.25, 0.3) is 5.69 Å². The minimum atomic E-state index is -0.151. The Morgan fingerprint density at radius 2 is 1.79 bits per heavy atom. The highest BCUT2D eigenvalue weighted by Gasteiger charge is 2.47. The number of nitroso groups, excluding NO2 is 2. The van der Waals surface area contributed by atoms with Crippen molar-refractivity contribution in [2.75, 3.05) is 11.5 Å². The van der Waals surface area contributed by atoms with E-state index in [9.17, 15) is 9.81 Å². The third-order valence-corrected chi connectivity index (χ3v) is 2.87. The zero-order valence-electron chi connectivity index (χ0n) is 9.99. The molecule has 0 saturated carbocycles. The fourth-order valence-corrected chi connectivity index (χ4v) is 2.02. The zero-order chi connectivity index (χ0) is 13.7.